The van der Waals surface area contributed by atoms with E-state index < -0.39 is 35.3 Å². The Hall–Kier alpha value is -4.97. The zero-order valence-electron chi connectivity index (χ0n) is 28.2. The van der Waals surface area contributed by atoms with Gasteiger partial charge in [0.2, 0.25) is 0 Å². The molecule has 1 saturated carbocycles. The number of amides is 2. The first kappa shape index (κ1) is 37.8. The monoisotopic (exact) mass is 693 g/mol. The average molecular weight is 694 g/mol. The van der Waals surface area contributed by atoms with Crippen molar-refractivity contribution < 1.29 is 31.9 Å². The third-order valence-electron chi connectivity index (χ3n) is 8.25. The van der Waals surface area contributed by atoms with Crippen LogP contribution >= 0.6 is 0 Å². The van der Waals surface area contributed by atoms with Crippen LogP contribution in [0.2, 0.25) is 0 Å². The second-order valence-corrected chi connectivity index (χ2v) is 12.2. The Bertz CT molecular complexity index is 1700. The van der Waals surface area contributed by atoms with Crippen molar-refractivity contribution in [3.05, 3.63) is 119 Å². The maximum Gasteiger partial charge on any atom is 0.435 e. The molecule has 2 amide bonds. The molecule has 4 rings (SSSR count). The van der Waals surface area contributed by atoms with Crippen LogP contribution in [0.5, 0.6) is 0 Å². The molecular formula is C38H43F4N5O3. The maximum absolute atomic E-state index is 15.2. The van der Waals surface area contributed by atoms with Crippen molar-refractivity contribution >= 4 is 29.2 Å². The molecule has 0 radical (unpaired) electrons. The van der Waals surface area contributed by atoms with Gasteiger partial charge in [-0.25, -0.2) is 9.18 Å². The number of anilines is 2. The summed E-state index contributed by atoms with van der Waals surface area (Å²) in [5.74, 6) is -1.42. The molecule has 12 heteroatoms. The van der Waals surface area contributed by atoms with E-state index >= 15 is 4.39 Å². The van der Waals surface area contributed by atoms with Crippen LogP contribution < -0.4 is 21.3 Å². The molecule has 8 nitrogen and oxygen atoms in total. The van der Waals surface area contributed by atoms with Gasteiger partial charge >= 0.3 is 12.3 Å². The largest absolute Gasteiger partial charge is 0.448 e. The summed E-state index contributed by atoms with van der Waals surface area (Å²) in [5.41, 5.74) is 6.15. The number of nitrogens with zero attached hydrogens (tertiary/aromatic N) is 2. The van der Waals surface area contributed by atoms with E-state index in [2.05, 4.69) is 29.1 Å². The smallest absolute Gasteiger partial charge is 0.435 e. The van der Waals surface area contributed by atoms with Gasteiger partial charge in [0.15, 0.2) is 0 Å². The van der Waals surface area contributed by atoms with Gasteiger partial charge in [0.25, 0.3) is 5.91 Å². The number of carbonyl (C=O) groups excluding carboxylic acids is 2. The molecule has 1 unspecified atom stereocenters. The second-order valence-electron chi connectivity index (χ2n) is 12.2. The number of aliphatic imine (C=N–C) groups is 1. The van der Waals surface area contributed by atoms with Crippen LogP contribution in [0, 0.1) is 11.7 Å². The lowest BCUT2D eigenvalue weighted by atomic mass is 9.97. The highest BCUT2D eigenvalue weighted by atomic mass is 19.4. The minimum absolute atomic E-state index is 0.185. The zero-order chi connectivity index (χ0) is 36.3. The first-order chi connectivity index (χ1) is 23.9. The van der Waals surface area contributed by atoms with E-state index in [4.69, 9.17) is 10.5 Å². The molecule has 1 atom stereocenters. The van der Waals surface area contributed by atoms with Crippen molar-refractivity contribution in [2.24, 2.45) is 16.6 Å². The zero-order valence-corrected chi connectivity index (χ0v) is 28.2. The third kappa shape index (κ3) is 11.0. The van der Waals surface area contributed by atoms with Crippen molar-refractivity contribution in [2.45, 2.75) is 57.7 Å². The van der Waals surface area contributed by atoms with Crippen molar-refractivity contribution in [3.8, 4) is 0 Å². The fourth-order valence-electron chi connectivity index (χ4n) is 5.14. The Morgan fingerprint density at radius 3 is 2.46 bits per heavy atom. The first-order valence-corrected chi connectivity index (χ1v) is 16.6. The number of benzene rings is 3. The summed E-state index contributed by atoms with van der Waals surface area (Å²) in [6, 6.07) is 19.6. The van der Waals surface area contributed by atoms with Crippen LogP contribution in [0.25, 0.3) is 0 Å². The molecule has 1 fully saturated rings. The number of allylic oxidation sites excluding steroid dienone is 2. The van der Waals surface area contributed by atoms with Gasteiger partial charge in [0.05, 0.1) is 23.9 Å². The lowest BCUT2D eigenvalue weighted by Gasteiger charge is -2.24. The van der Waals surface area contributed by atoms with Gasteiger partial charge in [0.1, 0.15) is 17.3 Å². The average Bonchev–Trinajstić information content (AvgIpc) is 3.93. The number of nitrogens with one attached hydrogen (secondary N) is 2. The number of hydrogen-bond donors (Lipinski definition) is 3. The first-order valence-electron chi connectivity index (χ1n) is 16.6. The van der Waals surface area contributed by atoms with E-state index in [0.29, 0.717) is 24.0 Å². The summed E-state index contributed by atoms with van der Waals surface area (Å²) in [4.78, 5) is 30.9. The topological polar surface area (TPSA) is 109 Å². The van der Waals surface area contributed by atoms with E-state index in [9.17, 15) is 22.8 Å². The third-order valence-corrected chi connectivity index (χ3v) is 8.25. The van der Waals surface area contributed by atoms with E-state index in [1.165, 1.54) is 42.3 Å². The molecule has 1 aliphatic rings. The van der Waals surface area contributed by atoms with Crippen molar-refractivity contribution in [1.29, 1.82) is 0 Å². The molecule has 0 bridgehead atoms. The van der Waals surface area contributed by atoms with Crippen LogP contribution in [0.15, 0.2) is 102 Å². The predicted molar refractivity (Wildman–Crippen MR) is 188 cm³/mol. The molecule has 266 valence electrons. The summed E-state index contributed by atoms with van der Waals surface area (Å²) < 4.78 is 61.3. The quantitative estimate of drug-likeness (QED) is 0.0347. The number of rotatable bonds is 16. The van der Waals surface area contributed by atoms with Crippen molar-refractivity contribution in [2.75, 3.05) is 30.4 Å². The van der Waals surface area contributed by atoms with Crippen molar-refractivity contribution in [3.63, 3.8) is 0 Å². The number of hydrogen-bond acceptors (Lipinski definition) is 5. The number of amidine groups is 1. The molecule has 0 aliphatic heterocycles. The summed E-state index contributed by atoms with van der Waals surface area (Å²) in [6.07, 6.45) is 0.760. The normalized spacial score (nSPS) is 14.2. The van der Waals surface area contributed by atoms with Gasteiger partial charge in [-0.05, 0) is 73.2 Å². The molecule has 0 spiro atoms. The number of halogens is 4. The number of alkyl halides is 3. The Morgan fingerprint density at radius 2 is 1.78 bits per heavy atom. The molecule has 3 aromatic carbocycles. The van der Waals surface area contributed by atoms with Crippen LogP contribution in [0.1, 0.15) is 68.2 Å². The summed E-state index contributed by atoms with van der Waals surface area (Å²) >= 11 is 0. The molecule has 3 aromatic rings. The van der Waals surface area contributed by atoms with E-state index in [1.807, 2.05) is 30.3 Å². The highest BCUT2D eigenvalue weighted by Gasteiger charge is 2.32. The Morgan fingerprint density at radius 1 is 1.04 bits per heavy atom. The van der Waals surface area contributed by atoms with Gasteiger partial charge in [-0.1, -0.05) is 81.3 Å². The van der Waals surface area contributed by atoms with Gasteiger partial charge in [-0.2, -0.15) is 18.2 Å². The highest BCUT2D eigenvalue weighted by Crippen LogP contribution is 2.32. The maximum atomic E-state index is 15.2. The number of unbranched alkanes of at least 4 members (excludes halogenated alkanes) is 3. The number of nitrogens with two attached hydrogens (primary N) is 1. The van der Waals surface area contributed by atoms with Gasteiger partial charge < -0.3 is 26.0 Å². The molecule has 0 aromatic heterocycles. The number of likely N-dealkylation sites (N-methyl/N-ethyl adjacent to an activating group) is 1. The molecule has 4 N–H and O–H groups in total. The predicted octanol–water partition coefficient (Wildman–Crippen LogP) is 8.41. The fraction of sp³-hybridized carbons (Fsp3) is 0.342. The Balaban J connectivity index is 1.60. The minimum atomic E-state index is -4.84. The van der Waals surface area contributed by atoms with Crippen LogP contribution in [-0.2, 0) is 9.53 Å². The van der Waals surface area contributed by atoms with Gasteiger partial charge in [-0.3, -0.25) is 4.79 Å². The number of carbonyl (C=O) groups is 2. The van der Waals surface area contributed by atoms with Crippen LogP contribution in [0.3, 0.4) is 0 Å². The second kappa shape index (κ2) is 17.6. The van der Waals surface area contributed by atoms with Gasteiger partial charge in [0, 0.05) is 18.3 Å². The molecule has 50 heavy (non-hydrogen) atoms. The highest BCUT2D eigenvalue weighted by molar-refractivity contribution is 6.07. The van der Waals surface area contributed by atoms with E-state index in [1.54, 1.807) is 12.1 Å². The minimum Gasteiger partial charge on any atom is -0.448 e. The fourth-order valence-corrected chi connectivity index (χ4v) is 5.14. The Labute approximate surface area is 290 Å². The molecule has 0 heterocycles. The van der Waals surface area contributed by atoms with Crippen LogP contribution in [0.4, 0.5) is 33.7 Å². The van der Waals surface area contributed by atoms with E-state index in [-0.39, 0.29) is 35.4 Å². The summed E-state index contributed by atoms with van der Waals surface area (Å²) in [5, 5.41) is 5.99. The summed E-state index contributed by atoms with van der Waals surface area (Å²) in [7, 11) is 1.37. The van der Waals surface area contributed by atoms with Crippen molar-refractivity contribution in [1.82, 2.24) is 5.32 Å². The molecule has 1 aliphatic carbocycles. The molecule has 0 saturated heterocycles. The SMILES string of the molecule is C=C(/C=C(/C(=O)Nc1cc(C(NCC2CC2)c2ccccc2)ccc1F)N(C)c1cccc(/C(N)=N/C(=O)OCCCCCC)c1)C(F)(F)F. The van der Waals surface area contributed by atoms with Gasteiger partial charge in [-0.15, -0.1) is 0 Å². The van der Waals surface area contributed by atoms with E-state index in [0.717, 1.165) is 44.2 Å². The standard InChI is InChI=1S/C38H43F4N5O3/c1-4-5-6-10-20-50-37(49)46-35(43)29-14-11-15-30(22-29)47(3)33(21-25(2)38(40,41)42)36(48)45-32-23-28(18-19-31(32)39)34(44-24-26-16-17-26)27-12-8-7-9-13-27/h7-9,11-15,18-19,21-23,26,34,44H,2,4-6,10,16-17,20,24H2,1,3H3,(H,45,48)(H2,43,46,49)/b33-21-. The summed E-state index contributed by atoms with van der Waals surface area (Å²) in [6.45, 7) is 6.11. The van der Waals surface area contributed by atoms with Crippen LogP contribution in [-0.4, -0.2) is 44.2 Å². The number of ether oxygens (including phenoxy) is 1. The lowest BCUT2D eigenvalue weighted by Crippen LogP contribution is -2.29. The molecular weight excluding hydrogens is 650 g/mol. The Kier molecular flexibility index (Phi) is 13.3. The lowest BCUT2D eigenvalue weighted by molar-refractivity contribution is -0.113.